The van der Waals surface area contributed by atoms with Gasteiger partial charge in [0, 0.05) is 19.6 Å². The average molecular weight is 219 g/mol. The minimum absolute atomic E-state index is 0.307. The van der Waals surface area contributed by atoms with Gasteiger partial charge in [-0.3, -0.25) is 4.90 Å². The van der Waals surface area contributed by atoms with Crippen LogP contribution in [0.2, 0.25) is 0 Å². The van der Waals surface area contributed by atoms with E-state index in [-0.39, 0.29) is 0 Å². The van der Waals surface area contributed by atoms with Gasteiger partial charge in [0.25, 0.3) is 0 Å². The molecule has 0 bridgehead atoms. The summed E-state index contributed by atoms with van der Waals surface area (Å²) in [5.41, 5.74) is 0.798. The zero-order valence-corrected chi connectivity index (χ0v) is 9.26. The van der Waals surface area contributed by atoms with Gasteiger partial charge >= 0.3 is 0 Å². The molecule has 1 saturated carbocycles. The molecule has 86 valence electrons. The van der Waals surface area contributed by atoms with Crippen molar-refractivity contribution in [2.24, 2.45) is 5.92 Å². The molecule has 3 heteroatoms. The van der Waals surface area contributed by atoms with E-state index < -0.39 is 5.60 Å². The number of phenolic OH excluding ortho intramolecular Hbond substituents is 1. The van der Waals surface area contributed by atoms with Gasteiger partial charge in [-0.05, 0) is 36.5 Å². The van der Waals surface area contributed by atoms with Crippen molar-refractivity contribution in [2.75, 3.05) is 13.1 Å². The lowest BCUT2D eigenvalue weighted by atomic mass is 9.88. The number of nitrogens with zero attached hydrogens (tertiary/aromatic N) is 1. The third kappa shape index (κ3) is 1.81. The van der Waals surface area contributed by atoms with Crippen LogP contribution in [-0.4, -0.2) is 33.8 Å². The van der Waals surface area contributed by atoms with E-state index in [4.69, 9.17) is 0 Å². The monoisotopic (exact) mass is 219 g/mol. The molecule has 1 heterocycles. The third-order valence-corrected chi connectivity index (χ3v) is 3.67. The maximum atomic E-state index is 10.2. The lowest BCUT2D eigenvalue weighted by Crippen LogP contribution is -2.62. The van der Waals surface area contributed by atoms with Crippen molar-refractivity contribution in [3.63, 3.8) is 0 Å². The molecule has 0 spiro atoms. The van der Waals surface area contributed by atoms with Crippen molar-refractivity contribution in [2.45, 2.75) is 25.0 Å². The zero-order valence-electron chi connectivity index (χ0n) is 9.26. The van der Waals surface area contributed by atoms with Crippen molar-refractivity contribution in [3.8, 4) is 5.75 Å². The van der Waals surface area contributed by atoms with Crippen LogP contribution < -0.4 is 0 Å². The van der Waals surface area contributed by atoms with E-state index in [0.717, 1.165) is 19.6 Å². The predicted octanol–water partition coefficient (Wildman–Crippen LogP) is 1.35. The van der Waals surface area contributed by atoms with Crippen LogP contribution in [0.4, 0.5) is 0 Å². The normalized spacial score (nSPS) is 24.1. The number of aliphatic hydroxyl groups is 1. The molecule has 0 radical (unpaired) electrons. The Bertz CT molecular complexity index is 377. The highest BCUT2D eigenvalue weighted by Crippen LogP contribution is 2.44. The van der Waals surface area contributed by atoms with Crippen molar-refractivity contribution in [1.82, 2.24) is 4.90 Å². The van der Waals surface area contributed by atoms with E-state index in [1.54, 1.807) is 12.1 Å². The first-order valence-corrected chi connectivity index (χ1v) is 5.88. The van der Waals surface area contributed by atoms with E-state index in [9.17, 15) is 10.2 Å². The second-order valence-corrected chi connectivity index (χ2v) is 5.19. The van der Waals surface area contributed by atoms with Crippen molar-refractivity contribution in [3.05, 3.63) is 29.8 Å². The second kappa shape index (κ2) is 3.47. The Morgan fingerprint density at radius 2 is 1.81 bits per heavy atom. The van der Waals surface area contributed by atoms with Gasteiger partial charge in [-0.2, -0.15) is 0 Å². The first-order valence-electron chi connectivity index (χ1n) is 5.88. The molecule has 0 aromatic heterocycles. The molecule has 1 aromatic carbocycles. The second-order valence-electron chi connectivity index (χ2n) is 5.19. The maximum Gasteiger partial charge on any atom is 0.115 e. The number of likely N-dealkylation sites (tertiary alicyclic amines) is 1. The minimum Gasteiger partial charge on any atom is -0.508 e. The topological polar surface area (TPSA) is 43.7 Å². The molecule has 1 aliphatic heterocycles. The van der Waals surface area contributed by atoms with Gasteiger partial charge in [0.2, 0.25) is 0 Å². The van der Waals surface area contributed by atoms with E-state index in [1.165, 1.54) is 18.4 Å². The summed E-state index contributed by atoms with van der Waals surface area (Å²) in [4.78, 5) is 2.25. The quantitative estimate of drug-likeness (QED) is 0.806. The van der Waals surface area contributed by atoms with Gasteiger partial charge in [-0.1, -0.05) is 12.1 Å². The summed E-state index contributed by atoms with van der Waals surface area (Å²) in [6, 6.07) is 7.29. The molecule has 0 atom stereocenters. The summed E-state index contributed by atoms with van der Waals surface area (Å²) in [5, 5.41) is 19.3. The molecule has 3 rings (SSSR count). The first kappa shape index (κ1) is 10.1. The van der Waals surface area contributed by atoms with Crippen LogP contribution >= 0.6 is 0 Å². The average Bonchev–Trinajstić information content (AvgIpc) is 3.02. The smallest absolute Gasteiger partial charge is 0.115 e. The Balaban J connectivity index is 1.55. The van der Waals surface area contributed by atoms with Crippen molar-refractivity contribution >= 4 is 0 Å². The van der Waals surface area contributed by atoms with Crippen LogP contribution in [0, 0.1) is 5.92 Å². The van der Waals surface area contributed by atoms with Gasteiger partial charge in [-0.15, -0.1) is 0 Å². The highest BCUT2D eigenvalue weighted by molar-refractivity contribution is 5.26. The van der Waals surface area contributed by atoms with E-state index in [1.807, 2.05) is 12.1 Å². The molecule has 1 aromatic rings. The summed E-state index contributed by atoms with van der Waals surface area (Å²) in [6.45, 7) is 2.48. The fourth-order valence-corrected chi connectivity index (χ4v) is 2.58. The molecule has 0 amide bonds. The third-order valence-electron chi connectivity index (χ3n) is 3.67. The number of β-amino-alcohol motifs (C(OH)–C–C–N with tert-alkyl or cyclic N) is 1. The van der Waals surface area contributed by atoms with Crippen molar-refractivity contribution < 1.29 is 10.2 Å². The van der Waals surface area contributed by atoms with Crippen LogP contribution in [0.3, 0.4) is 0 Å². The predicted molar refractivity (Wildman–Crippen MR) is 61.1 cm³/mol. The van der Waals surface area contributed by atoms with Crippen LogP contribution in [0.5, 0.6) is 5.75 Å². The number of benzene rings is 1. The molecule has 2 aliphatic rings. The summed E-state index contributed by atoms with van der Waals surface area (Å²) in [6.07, 6.45) is 2.40. The largest absolute Gasteiger partial charge is 0.508 e. The van der Waals surface area contributed by atoms with E-state index in [2.05, 4.69) is 4.90 Å². The Labute approximate surface area is 95.3 Å². The molecule has 0 unspecified atom stereocenters. The summed E-state index contributed by atoms with van der Waals surface area (Å²) in [5.74, 6) is 0.866. The van der Waals surface area contributed by atoms with Gasteiger partial charge in [0.05, 0.1) is 5.60 Å². The van der Waals surface area contributed by atoms with Crippen molar-refractivity contribution in [1.29, 1.82) is 0 Å². The maximum absolute atomic E-state index is 10.2. The number of phenols is 1. The number of hydrogen-bond donors (Lipinski definition) is 2. The molecule has 1 aliphatic carbocycles. The lowest BCUT2D eigenvalue weighted by Gasteiger charge is -2.47. The number of rotatable bonds is 3. The fraction of sp³-hybridized carbons (Fsp3) is 0.538. The molecule has 2 fully saturated rings. The van der Waals surface area contributed by atoms with Crippen LogP contribution in [-0.2, 0) is 6.54 Å². The van der Waals surface area contributed by atoms with Gasteiger partial charge in [-0.25, -0.2) is 0 Å². The minimum atomic E-state index is -0.392. The SMILES string of the molecule is Oc1ccc(CN2CC(O)(C3CC3)C2)cc1. The van der Waals surface area contributed by atoms with Gasteiger partial charge < -0.3 is 10.2 Å². The van der Waals surface area contributed by atoms with Gasteiger partial charge in [0.1, 0.15) is 5.75 Å². The molecule has 16 heavy (non-hydrogen) atoms. The highest BCUT2D eigenvalue weighted by atomic mass is 16.3. The van der Waals surface area contributed by atoms with E-state index >= 15 is 0 Å². The summed E-state index contributed by atoms with van der Waals surface area (Å²) >= 11 is 0. The van der Waals surface area contributed by atoms with Crippen LogP contribution in [0.1, 0.15) is 18.4 Å². The molecule has 2 N–H and O–H groups in total. The highest BCUT2D eigenvalue weighted by Gasteiger charge is 2.51. The molecular formula is C13H17NO2. The molecule has 1 saturated heterocycles. The number of hydrogen-bond acceptors (Lipinski definition) is 3. The van der Waals surface area contributed by atoms with E-state index in [0.29, 0.717) is 11.7 Å². The van der Waals surface area contributed by atoms with Crippen LogP contribution in [0.15, 0.2) is 24.3 Å². The zero-order chi connectivity index (χ0) is 11.2. The number of aromatic hydroxyl groups is 1. The summed E-state index contributed by atoms with van der Waals surface area (Å²) < 4.78 is 0. The Morgan fingerprint density at radius 3 is 2.38 bits per heavy atom. The first-order chi connectivity index (χ1) is 7.66. The Kier molecular flexibility index (Phi) is 2.19. The standard InChI is InChI=1S/C13H17NO2/c15-12-5-1-10(2-6-12)7-14-8-13(16,9-14)11-3-4-11/h1-2,5-6,11,15-16H,3-4,7-9H2. The Hall–Kier alpha value is -1.06. The Morgan fingerprint density at radius 1 is 1.19 bits per heavy atom. The van der Waals surface area contributed by atoms with Gasteiger partial charge in [0.15, 0.2) is 0 Å². The fourth-order valence-electron chi connectivity index (χ4n) is 2.58. The lowest BCUT2D eigenvalue weighted by molar-refractivity contribution is -0.116. The summed E-state index contributed by atoms with van der Waals surface area (Å²) in [7, 11) is 0. The van der Waals surface area contributed by atoms with Crippen LogP contribution in [0.25, 0.3) is 0 Å². The molecule has 3 nitrogen and oxygen atoms in total. The molecular weight excluding hydrogens is 202 g/mol.